The number of unbranched alkanes of at least 4 members (excludes halogenated alkanes) is 2. The summed E-state index contributed by atoms with van der Waals surface area (Å²) in [4.78, 5) is 11.0. The molecular weight excluding hydrogens is 172 g/mol. The predicted octanol–water partition coefficient (Wildman–Crippen LogP) is 0.307. The Kier molecular flexibility index (Phi) is 3.70. The van der Waals surface area contributed by atoms with Gasteiger partial charge in [-0.25, -0.2) is 4.79 Å². The van der Waals surface area contributed by atoms with Crippen LogP contribution in [0, 0.1) is 6.92 Å². The highest BCUT2D eigenvalue weighted by Gasteiger charge is 2.04. The summed E-state index contributed by atoms with van der Waals surface area (Å²) in [7, 11) is 0. The van der Waals surface area contributed by atoms with Crippen molar-refractivity contribution in [3.8, 4) is 0 Å². The number of rotatable bonds is 5. The fourth-order valence-electron chi connectivity index (χ4n) is 1.15. The summed E-state index contributed by atoms with van der Waals surface area (Å²) in [5.74, 6) is 0.204. The average Bonchev–Trinajstić information content (AvgIpc) is 2.42. The first-order valence-corrected chi connectivity index (χ1v) is 4.39. The van der Waals surface area contributed by atoms with Crippen molar-refractivity contribution in [2.45, 2.75) is 32.7 Å². The SMILES string of the molecule is Cc1noc(=O)n1CCCCCO. The molecule has 0 aromatic carbocycles. The van der Waals surface area contributed by atoms with E-state index in [1.807, 2.05) is 0 Å². The van der Waals surface area contributed by atoms with Crippen LogP contribution in [0.2, 0.25) is 0 Å². The van der Waals surface area contributed by atoms with Crippen molar-refractivity contribution >= 4 is 0 Å². The molecule has 0 amide bonds. The van der Waals surface area contributed by atoms with Gasteiger partial charge in [-0.05, 0) is 26.2 Å². The molecule has 1 rings (SSSR count). The molecule has 0 atom stereocenters. The Morgan fingerprint density at radius 2 is 2.23 bits per heavy atom. The first-order valence-electron chi connectivity index (χ1n) is 4.39. The van der Waals surface area contributed by atoms with E-state index in [1.165, 1.54) is 4.57 Å². The van der Waals surface area contributed by atoms with Gasteiger partial charge in [-0.15, -0.1) is 0 Å². The van der Waals surface area contributed by atoms with Gasteiger partial charge in [-0.3, -0.25) is 9.09 Å². The third kappa shape index (κ3) is 2.69. The largest absolute Gasteiger partial charge is 0.441 e. The van der Waals surface area contributed by atoms with Crippen LogP contribution in [0.3, 0.4) is 0 Å². The van der Waals surface area contributed by atoms with Crippen LogP contribution in [0.5, 0.6) is 0 Å². The van der Waals surface area contributed by atoms with Crippen LogP contribution in [0.15, 0.2) is 9.32 Å². The fourth-order valence-corrected chi connectivity index (χ4v) is 1.15. The zero-order valence-corrected chi connectivity index (χ0v) is 7.69. The topological polar surface area (TPSA) is 68.3 Å². The van der Waals surface area contributed by atoms with Crippen LogP contribution in [0.25, 0.3) is 0 Å². The molecule has 0 bridgehead atoms. The summed E-state index contributed by atoms with van der Waals surface area (Å²) >= 11 is 0. The van der Waals surface area contributed by atoms with Crippen molar-refractivity contribution in [3.63, 3.8) is 0 Å². The van der Waals surface area contributed by atoms with Crippen molar-refractivity contribution in [1.82, 2.24) is 9.72 Å². The average molecular weight is 186 g/mol. The zero-order valence-electron chi connectivity index (χ0n) is 7.69. The zero-order chi connectivity index (χ0) is 9.68. The molecule has 13 heavy (non-hydrogen) atoms. The maximum absolute atomic E-state index is 11.0. The molecule has 1 N–H and O–H groups in total. The summed E-state index contributed by atoms with van der Waals surface area (Å²) < 4.78 is 5.96. The summed E-state index contributed by atoms with van der Waals surface area (Å²) in [5, 5.41) is 12.1. The molecule has 0 radical (unpaired) electrons. The minimum atomic E-state index is -0.401. The number of aliphatic hydroxyl groups is 1. The smallest absolute Gasteiger partial charge is 0.396 e. The molecule has 0 unspecified atom stereocenters. The maximum Gasteiger partial charge on any atom is 0.441 e. The Labute approximate surface area is 76.0 Å². The van der Waals surface area contributed by atoms with Gasteiger partial charge in [-0.2, -0.15) is 0 Å². The van der Waals surface area contributed by atoms with Crippen molar-refractivity contribution in [2.75, 3.05) is 6.61 Å². The second kappa shape index (κ2) is 4.81. The van der Waals surface area contributed by atoms with Crippen LogP contribution in [0.4, 0.5) is 0 Å². The lowest BCUT2D eigenvalue weighted by atomic mass is 10.2. The Hall–Kier alpha value is -1.10. The van der Waals surface area contributed by atoms with Crippen LogP contribution in [0.1, 0.15) is 25.1 Å². The molecule has 0 saturated carbocycles. The van der Waals surface area contributed by atoms with E-state index in [1.54, 1.807) is 6.92 Å². The summed E-state index contributed by atoms with van der Waals surface area (Å²) in [6.07, 6.45) is 2.55. The van der Waals surface area contributed by atoms with Crippen LogP contribution in [-0.4, -0.2) is 21.4 Å². The minimum absolute atomic E-state index is 0.206. The van der Waals surface area contributed by atoms with Crippen LogP contribution in [-0.2, 0) is 6.54 Å². The third-order valence-electron chi connectivity index (χ3n) is 1.91. The van der Waals surface area contributed by atoms with Gasteiger partial charge in [0.1, 0.15) is 0 Å². The molecule has 0 spiro atoms. The van der Waals surface area contributed by atoms with E-state index in [0.717, 1.165) is 19.3 Å². The lowest BCUT2D eigenvalue weighted by molar-refractivity contribution is 0.281. The van der Waals surface area contributed by atoms with E-state index < -0.39 is 5.76 Å². The van der Waals surface area contributed by atoms with Gasteiger partial charge in [0.05, 0.1) is 0 Å². The van der Waals surface area contributed by atoms with Crippen LogP contribution >= 0.6 is 0 Å². The first-order chi connectivity index (χ1) is 6.25. The Morgan fingerprint density at radius 1 is 1.46 bits per heavy atom. The number of aryl methyl sites for hydroxylation is 1. The van der Waals surface area contributed by atoms with Gasteiger partial charge < -0.3 is 5.11 Å². The Bertz CT molecular complexity index is 303. The van der Waals surface area contributed by atoms with E-state index in [0.29, 0.717) is 12.4 Å². The summed E-state index contributed by atoms with van der Waals surface area (Å²) in [5.41, 5.74) is 0. The molecule has 74 valence electrons. The number of hydrogen-bond donors (Lipinski definition) is 1. The quantitative estimate of drug-likeness (QED) is 0.672. The number of hydrogen-bond acceptors (Lipinski definition) is 4. The van der Waals surface area contributed by atoms with Gasteiger partial charge in [0.25, 0.3) is 0 Å². The highest BCUT2D eigenvalue weighted by molar-refractivity contribution is 4.77. The van der Waals surface area contributed by atoms with Gasteiger partial charge >= 0.3 is 5.76 Å². The lowest BCUT2D eigenvalue weighted by Crippen LogP contribution is -2.15. The predicted molar refractivity (Wildman–Crippen MR) is 46.4 cm³/mol. The summed E-state index contributed by atoms with van der Waals surface area (Å²) in [6, 6.07) is 0. The molecule has 1 heterocycles. The second-order valence-corrected chi connectivity index (χ2v) is 2.93. The standard InChI is InChI=1S/C8H14N2O3/c1-7-9-13-8(12)10(7)5-3-2-4-6-11/h11H,2-6H2,1H3. The highest BCUT2D eigenvalue weighted by Crippen LogP contribution is 1.98. The van der Waals surface area contributed by atoms with Crippen molar-refractivity contribution in [2.24, 2.45) is 0 Å². The van der Waals surface area contributed by atoms with E-state index in [9.17, 15) is 4.79 Å². The van der Waals surface area contributed by atoms with Gasteiger partial charge in [0.15, 0.2) is 5.82 Å². The Morgan fingerprint density at radius 3 is 2.77 bits per heavy atom. The number of aromatic nitrogens is 2. The van der Waals surface area contributed by atoms with Crippen molar-refractivity contribution < 1.29 is 9.63 Å². The van der Waals surface area contributed by atoms with Crippen molar-refractivity contribution in [1.29, 1.82) is 0 Å². The van der Waals surface area contributed by atoms with E-state index in [4.69, 9.17) is 5.11 Å². The molecule has 5 heteroatoms. The van der Waals surface area contributed by atoms with E-state index >= 15 is 0 Å². The van der Waals surface area contributed by atoms with E-state index in [-0.39, 0.29) is 6.61 Å². The van der Waals surface area contributed by atoms with Crippen LogP contribution < -0.4 is 5.76 Å². The monoisotopic (exact) mass is 186 g/mol. The second-order valence-electron chi connectivity index (χ2n) is 2.93. The molecule has 0 aliphatic carbocycles. The van der Waals surface area contributed by atoms with Gasteiger partial charge in [-0.1, -0.05) is 5.16 Å². The third-order valence-corrected chi connectivity index (χ3v) is 1.91. The number of aliphatic hydroxyl groups excluding tert-OH is 1. The lowest BCUT2D eigenvalue weighted by Gasteiger charge is -1.99. The molecule has 1 aromatic rings. The summed E-state index contributed by atoms with van der Waals surface area (Å²) in [6.45, 7) is 2.56. The van der Waals surface area contributed by atoms with Crippen molar-refractivity contribution in [3.05, 3.63) is 16.4 Å². The normalized spacial score (nSPS) is 10.6. The van der Waals surface area contributed by atoms with Gasteiger partial charge in [0.2, 0.25) is 0 Å². The highest BCUT2D eigenvalue weighted by atomic mass is 16.5. The molecule has 0 aliphatic rings. The molecular formula is C8H14N2O3. The Balaban J connectivity index is 2.40. The van der Waals surface area contributed by atoms with E-state index in [2.05, 4.69) is 9.68 Å². The number of nitrogens with zero attached hydrogens (tertiary/aromatic N) is 2. The first kappa shape index (κ1) is 9.98. The molecule has 5 nitrogen and oxygen atoms in total. The minimum Gasteiger partial charge on any atom is -0.396 e. The molecule has 0 saturated heterocycles. The fraction of sp³-hybridized carbons (Fsp3) is 0.750. The maximum atomic E-state index is 11.0. The molecule has 0 aliphatic heterocycles. The van der Waals surface area contributed by atoms with Gasteiger partial charge in [0, 0.05) is 13.2 Å². The molecule has 0 fully saturated rings. The molecule has 1 aromatic heterocycles.